The van der Waals surface area contributed by atoms with E-state index in [-0.39, 0.29) is 5.97 Å². The Morgan fingerprint density at radius 3 is 3.22 bits per heavy atom. The van der Waals surface area contributed by atoms with Crippen molar-refractivity contribution in [2.75, 3.05) is 31.6 Å². The van der Waals surface area contributed by atoms with Crippen LogP contribution < -0.4 is 10.2 Å². The number of ether oxygens (including phenoxy) is 1. The maximum Gasteiger partial charge on any atom is 0.337 e. The standard InChI is InChI=1S/C14H18N2O2/c1-18-14(17)11-3-5-13-10(8-11)2-4-12-9-15-6-7-16(12)13/h3,5,8,12,15H,2,4,6-7,9H2,1H3/t12-/m1/s1. The molecule has 1 aromatic rings. The van der Waals surface area contributed by atoms with Gasteiger partial charge in [0.25, 0.3) is 0 Å². The topological polar surface area (TPSA) is 41.6 Å². The lowest BCUT2D eigenvalue weighted by Gasteiger charge is -2.42. The number of anilines is 1. The van der Waals surface area contributed by atoms with Crippen molar-refractivity contribution in [1.29, 1.82) is 0 Å². The first kappa shape index (κ1) is 11.5. The minimum Gasteiger partial charge on any atom is -0.465 e. The molecule has 0 spiro atoms. The monoisotopic (exact) mass is 246 g/mol. The van der Waals surface area contributed by atoms with Crippen LogP contribution in [0, 0.1) is 0 Å². The number of methoxy groups -OCH3 is 1. The predicted octanol–water partition coefficient (Wildman–Crippen LogP) is 1.20. The molecule has 4 nitrogen and oxygen atoms in total. The van der Waals surface area contributed by atoms with Crippen molar-refractivity contribution < 1.29 is 9.53 Å². The number of hydrogen-bond donors (Lipinski definition) is 1. The lowest BCUT2D eigenvalue weighted by molar-refractivity contribution is 0.0600. The minimum atomic E-state index is -0.250. The summed E-state index contributed by atoms with van der Waals surface area (Å²) in [4.78, 5) is 14.0. The average molecular weight is 246 g/mol. The molecule has 0 radical (unpaired) electrons. The molecule has 3 rings (SSSR count). The summed E-state index contributed by atoms with van der Waals surface area (Å²) in [5, 5.41) is 3.44. The first-order chi connectivity index (χ1) is 8.79. The molecule has 1 fully saturated rings. The van der Waals surface area contributed by atoms with Crippen LogP contribution in [-0.2, 0) is 11.2 Å². The molecule has 1 atom stereocenters. The van der Waals surface area contributed by atoms with Gasteiger partial charge in [0.1, 0.15) is 0 Å². The number of piperazine rings is 1. The Morgan fingerprint density at radius 2 is 2.39 bits per heavy atom. The van der Waals surface area contributed by atoms with Gasteiger partial charge in [-0.25, -0.2) is 4.79 Å². The van der Waals surface area contributed by atoms with E-state index < -0.39 is 0 Å². The highest BCUT2D eigenvalue weighted by atomic mass is 16.5. The van der Waals surface area contributed by atoms with E-state index >= 15 is 0 Å². The highest BCUT2D eigenvalue weighted by Crippen LogP contribution is 2.32. The van der Waals surface area contributed by atoms with Gasteiger partial charge in [0, 0.05) is 31.4 Å². The van der Waals surface area contributed by atoms with E-state index in [1.54, 1.807) is 0 Å². The molecule has 0 saturated carbocycles. The highest BCUT2D eigenvalue weighted by molar-refractivity contribution is 5.90. The van der Waals surface area contributed by atoms with E-state index in [0.717, 1.165) is 32.5 Å². The number of nitrogens with one attached hydrogen (secondary N) is 1. The van der Waals surface area contributed by atoms with E-state index in [1.807, 2.05) is 12.1 Å². The first-order valence-electron chi connectivity index (χ1n) is 6.48. The SMILES string of the molecule is COC(=O)c1ccc2c(c1)CC[C@@H]1CNCCN21. The van der Waals surface area contributed by atoms with Crippen molar-refractivity contribution >= 4 is 11.7 Å². The number of nitrogens with zero attached hydrogens (tertiary/aromatic N) is 1. The van der Waals surface area contributed by atoms with Crippen LogP contribution in [0.4, 0.5) is 5.69 Å². The van der Waals surface area contributed by atoms with Gasteiger partial charge in [0.05, 0.1) is 12.7 Å². The average Bonchev–Trinajstić information content (AvgIpc) is 2.45. The molecule has 0 aliphatic carbocycles. The van der Waals surface area contributed by atoms with E-state index in [9.17, 15) is 4.79 Å². The van der Waals surface area contributed by atoms with Gasteiger partial charge in [-0.1, -0.05) is 0 Å². The number of aryl methyl sites for hydroxylation is 1. The maximum absolute atomic E-state index is 11.5. The van der Waals surface area contributed by atoms with Crippen molar-refractivity contribution in [2.24, 2.45) is 0 Å². The normalized spacial score (nSPS) is 22.1. The van der Waals surface area contributed by atoms with Gasteiger partial charge in [0.2, 0.25) is 0 Å². The van der Waals surface area contributed by atoms with E-state index in [1.165, 1.54) is 18.4 Å². The molecule has 0 bridgehead atoms. The van der Waals surface area contributed by atoms with Crippen molar-refractivity contribution in [3.8, 4) is 0 Å². The maximum atomic E-state index is 11.5. The number of rotatable bonds is 1. The Morgan fingerprint density at radius 1 is 1.50 bits per heavy atom. The number of fused-ring (bicyclic) bond motifs is 3. The molecule has 18 heavy (non-hydrogen) atoms. The molecule has 4 heteroatoms. The van der Waals surface area contributed by atoms with E-state index in [0.29, 0.717) is 11.6 Å². The summed E-state index contributed by atoms with van der Waals surface area (Å²) >= 11 is 0. The summed E-state index contributed by atoms with van der Waals surface area (Å²) in [5.41, 5.74) is 3.22. The van der Waals surface area contributed by atoms with Crippen LogP contribution in [0.1, 0.15) is 22.3 Å². The van der Waals surface area contributed by atoms with Gasteiger partial charge in [-0.2, -0.15) is 0 Å². The summed E-state index contributed by atoms with van der Waals surface area (Å²) in [7, 11) is 1.42. The highest BCUT2D eigenvalue weighted by Gasteiger charge is 2.28. The second kappa shape index (κ2) is 4.61. The Balaban J connectivity index is 1.93. The molecule has 2 aliphatic heterocycles. The fourth-order valence-electron chi connectivity index (χ4n) is 2.97. The minimum absolute atomic E-state index is 0.250. The lowest BCUT2D eigenvalue weighted by Crippen LogP contribution is -2.53. The quantitative estimate of drug-likeness (QED) is 0.756. The summed E-state index contributed by atoms with van der Waals surface area (Å²) in [6.07, 6.45) is 2.20. The van der Waals surface area contributed by atoms with Gasteiger partial charge in [-0.05, 0) is 36.6 Å². The molecule has 0 unspecified atom stereocenters. The van der Waals surface area contributed by atoms with Crippen molar-refractivity contribution in [3.05, 3.63) is 29.3 Å². The molecule has 1 N–H and O–H groups in total. The lowest BCUT2D eigenvalue weighted by atomic mass is 9.93. The van der Waals surface area contributed by atoms with Crippen molar-refractivity contribution in [2.45, 2.75) is 18.9 Å². The number of carbonyl (C=O) groups excluding carboxylic acids is 1. The van der Waals surface area contributed by atoms with E-state index in [4.69, 9.17) is 4.74 Å². The Bertz CT molecular complexity index is 473. The molecule has 2 heterocycles. The van der Waals surface area contributed by atoms with Crippen LogP contribution in [0.15, 0.2) is 18.2 Å². The second-order valence-electron chi connectivity index (χ2n) is 4.93. The van der Waals surface area contributed by atoms with Gasteiger partial charge in [-0.15, -0.1) is 0 Å². The Labute approximate surface area is 107 Å². The van der Waals surface area contributed by atoms with Gasteiger partial charge < -0.3 is 15.0 Å². The number of carbonyl (C=O) groups is 1. The molecule has 0 aromatic heterocycles. The zero-order valence-corrected chi connectivity index (χ0v) is 10.6. The molecule has 1 saturated heterocycles. The van der Waals surface area contributed by atoms with Crippen LogP contribution >= 0.6 is 0 Å². The number of esters is 1. The van der Waals surface area contributed by atoms with Crippen LogP contribution in [-0.4, -0.2) is 38.8 Å². The van der Waals surface area contributed by atoms with Crippen molar-refractivity contribution in [3.63, 3.8) is 0 Å². The molecule has 0 amide bonds. The third kappa shape index (κ3) is 1.86. The van der Waals surface area contributed by atoms with Gasteiger partial charge in [0.15, 0.2) is 0 Å². The third-order valence-corrected chi connectivity index (χ3v) is 3.91. The summed E-state index contributed by atoms with van der Waals surface area (Å²) in [6.45, 7) is 3.15. The second-order valence-corrected chi connectivity index (χ2v) is 4.93. The molecule has 96 valence electrons. The third-order valence-electron chi connectivity index (χ3n) is 3.91. The van der Waals surface area contributed by atoms with Gasteiger partial charge in [-0.3, -0.25) is 0 Å². The Hall–Kier alpha value is -1.55. The molecule has 1 aromatic carbocycles. The number of benzene rings is 1. The Kier molecular flexibility index (Phi) is 2.96. The van der Waals surface area contributed by atoms with Crippen LogP contribution in [0.25, 0.3) is 0 Å². The predicted molar refractivity (Wildman–Crippen MR) is 70.1 cm³/mol. The van der Waals surface area contributed by atoms with Crippen LogP contribution in [0.5, 0.6) is 0 Å². The van der Waals surface area contributed by atoms with Crippen LogP contribution in [0.2, 0.25) is 0 Å². The zero-order valence-electron chi connectivity index (χ0n) is 10.6. The summed E-state index contributed by atoms with van der Waals surface area (Å²) < 4.78 is 4.77. The largest absolute Gasteiger partial charge is 0.465 e. The molecule has 2 aliphatic rings. The molecular weight excluding hydrogens is 228 g/mol. The summed E-state index contributed by atoms with van der Waals surface area (Å²) in [5.74, 6) is -0.250. The first-order valence-corrected chi connectivity index (χ1v) is 6.48. The number of hydrogen-bond acceptors (Lipinski definition) is 4. The smallest absolute Gasteiger partial charge is 0.337 e. The van der Waals surface area contributed by atoms with Crippen molar-refractivity contribution in [1.82, 2.24) is 5.32 Å². The zero-order chi connectivity index (χ0) is 12.5. The summed E-state index contributed by atoms with van der Waals surface area (Å²) in [6, 6.07) is 6.53. The molecular formula is C14H18N2O2. The van der Waals surface area contributed by atoms with E-state index in [2.05, 4.69) is 16.3 Å². The van der Waals surface area contributed by atoms with Gasteiger partial charge >= 0.3 is 5.97 Å². The fraction of sp³-hybridized carbons (Fsp3) is 0.500. The fourth-order valence-corrected chi connectivity index (χ4v) is 2.97. The van der Waals surface area contributed by atoms with Crippen LogP contribution in [0.3, 0.4) is 0 Å².